The molecule has 0 amide bonds. The summed E-state index contributed by atoms with van der Waals surface area (Å²) < 4.78 is 0.862. The summed E-state index contributed by atoms with van der Waals surface area (Å²) in [5, 5.41) is 0. The normalized spacial score (nSPS) is 15.8. The van der Waals surface area contributed by atoms with Crippen molar-refractivity contribution in [3.05, 3.63) is 24.3 Å². The predicted molar refractivity (Wildman–Crippen MR) is 65.6 cm³/mol. The van der Waals surface area contributed by atoms with Gasteiger partial charge in [0.25, 0.3) is 0 Å². The van der Waals surface area contributed by atoms with Crippen molar-refractivity contribution in [3.63, 3.8) is 0 Å². The largest absolute Gasteiger partial charge is 0.352 e. The number of hydrogen-bond acceptors (Lipinski definition) is 3. The van der Waals surface area contributed by atoms with Gasteiger partial charge in [0.1, 0.15) is 4.32 Å². The molecule has 2 nitrogen and oxygen atoms in total. The van der Waals surface area contributed by atoms with E-state index in [9.17, 15) is 4.79 Å². The molecule has 0 aromatic carbocycles. The van der Waals surface area contributed by atoms with Crippen LogP contribution in [0.25, 0.3) is 0 Å². The van der Waals surface area contributed by atoms with Gasteiger partial charge < -0.3 is 4.90 Å². The fourth-order valence-corrected chi connectivity index (χ4v) is 2.40. The molecule has 0 unspecified atom stereocenters. The van der Waals surface area contributed by atoms with Crippen LogP contribution < -0.4 is 0 Å². The molecule has 0 bridgehead atoms. The van der Waals surface area contributed by atoms with Crippen LogP contribution in [0.4, 0.5) is 0 Å². The van der Waals surface area contributed by atoms with Crippen molar-refractivity contribution >= 4 is 34.1 Å². The monoisotopic (exact) mass is 227 g/mol. The van der Waals surface area contributed by atoms with E-state index in [1.54, 1.807) is 18.7 Å². The first kappa shape index (κ1) is 11.5. The summed E-state index contributed by atoms with van der Waals surface area (Å²) in [6, 6.07) is 0. The van der Waals surface area contributed by atoms with E-state index in [1.165, 1.54) is 0 Å². The molecule has 0 aromatic rings. The molecule has 1 heterocycles. The van der Waals surface area contributed by atoms with Gasteiger partial charge in [-0.2, -0.15) is 0 Å². The first-order chi connectivity index (χ1) is 6.52. The molecule has 1 saturated heterocycles. The van der Waals surface area contributed by atoms with Gasteiger partial charge in [0.05, 0.1) is 0 Å². The van der Waals surface area contributed by atoms with Crippen LogP contribution in [-0.2, 0) is 4.79 Å². The summed E-state index contributed by atoms with van der Waals surface area (Å²) in [5.41, 5.74) is 1.11. The number of hydrogen-bond donors (Lipinski definition) is 0. The molecule has 1 aliphatic heterocycles. The standard InChI is InChI=1S/C10H13NOS2/c1-7(2)9(12)8(3)6-11-4-5-14-10(11)13/h1,3-6H2,2H3. The molecule has 4 heteroatoms. The van der Waals surface area contributed by atoms with Gasteiger partial charge in [0.2, 0.25) is 0 Å². The molecule has 0 atom stereocenters. The summed E-state index contributed by atoms with van der Waals surface area (Å²) >= 11 is 6.78. The lowest BCUT2D eigenvalue weighted by Crippen LogP contribution is -2.27. The van der Waals surface area contributed by atoms with E-state index in [0.29, 0.717) is 17.7 Å². The molecule has 0 aromatic heterocycles. The summed E-state index contributed by atoms with van der Waals surface area (Å²) in [6.45, 7) is 10.5. The highest BCUT2D eigenvalue weighted by Crippen LogP contribution is 2.19. The minimum absolute atomic E-state index is 0.0512. The Morgan fingerprint density at radius 1 is 1.64 bits per heavy atom. The smallest absolute Gasteiger partial charge is 0.185 e. The third-order valence-corrected chi connectivity index (χ3v) is 3.44. The zero-order valence-corrected chi connectivity index (χ0v) is 9.84. The maximum Gasteiger partial charge on any atom is 0.185 e. The molecule has 1 rings (SSSR count). The fraction of sp³-hybridized carbons (Fsp3) is 0.400. The number of allylic oxidation sites excluding steroid dienone is 1. The van der Waals surface area contributed by atoms with Gasteiger partial charge in [0.15, 0.2) is 5.78 Å². The van der Waals surface area contributed by atoms with E-state index < -0.39 is 0 Å². The van der Waals surface area contributed by atoms with Gasteiger partial charge >= 0.3 is 0 Å². The second-order valence-electron chi connectivity index (χ2n) is 3.25. The number of Topliss-reactive ketones (excluding diaryl/α,β-unsaturated/α-hetero) is 1. The average molecular weight is 227 g/mol. The lowest BCUT2D eigenvalue weighted by atomic mass is 10.1. The second-order valence-corrected chi connectivity index (χ2v) is 4.98. The fourth-order valence-electron chi connectivity index (χ4n) is 1.17. The van der Waals surface area contributed by atoms with Gasteiger partial charge in [-0.15, -0.1) is 0 Å². The SMILES string of the molecule is C=C(C)C(=O)C(=C)CN1CCSC1=S. The molecule has 0 N–H and O–H groups in total. The summed E-state index contributed by atoms with van der Waals surface area (Å²) in [6.07, 6.45) is 0. The molecule has 0 saturated carbocycles. The van der Waals surface area contributed by atoms with E-state index in [2.05, 4.69) is 13.2 Å². The molecule has 76 valence electrons. The first-order valence-electron chi connectivity index (χ1n) is 4.32. The number of thiocarbonyl (C=S) groups is 1. The highest BCUT2D eigenvalue weighted by molar-refractivity contribution is 8.23. The lowest BCUT2D eigenvalue weighted by Gasteiger charge is -2.17. The highest BCUT2D eigenvalue weighted by atomic mass is 32.2. The Kier molecular flexibility index (Phi) is 3.89. The zero-order valence-electron chi connectivity index (χ0n) is 8.21. The van der Waals surface area contributed by atoms with Crippen LogP contribution in [0.15, 0.2) is 24.3 Å². The Balaban J connectivity index is 2.52. The van der Waals surface area contributed by atoms with Crippen LogP contribution >= 0.6 is 24.0 Å². The minimum atomic E-state index is -0.0512. The molecular weight excluding hydrogens is 214 g/mol. The van der Waals surface area contributed by atoms with Crippen molar-refractivity contribution < 1.29 is 4.79 Å². The van der Waals surface area contributed by atoms with E-state index in [-0.39, 0.29) is 5.78 Å². The molecule has 1 fully saturated rings. The molecule has 0 radical (unpaired) electrons. The Bertz CT molecular complexity index is 309. The van der Waals surface area contributed by atoms with Gasteiger partial charge in [-0.1, -0.05) is 37.1 Å². The second kappa shape index (κ2) is 4.75. The van der Waals surface area contributed by atoms with Crippen LogP contribution in [0.1, 0.15) is 6.92 Å². The maximum absolute atomic E-state index is 11.5. The van der Waals surface area contributed by atoms with Crippen molar-refractivity contribution in [2.75, 3.05) is 18.8 Å². The van der Waals surface area contributed by atoms with Crippen LogP contribution in [0, 0.1) is 0 Å². The van der Waals surface area contributed by atoms with Crippen molar-refractivity contribution in [2.24, 2.45) is 0 Å². The van der Waals surface area contributed by atoms with Crippen molar-refractivity contribution in [1.82, 2.24) is 4.90 Å². The number of carbonyl (C=O) groups is 1. The van der Waals surface area contributed by atoms with Crippen molar-refractivity contribution in [3.8, 4) is 0 Å². The minimum Gasteiger partial charge on any atom is -0.352 e. The number of thioether (sulfide) groups is 1. The highest BCUT2D eigenvalue weighted by Gasteiger charge is 2.20. The first-order valence-corrected chi connectivity index (χ1v) is 5.71. The van der Waals surface area contributed by atoms with Crippen LogP contribution in [0.2, 0.25) is 0 Å². The topological polar surface area (TPSA) is 20.3 Å². The van der Waals surface area contributed by atoms with Crippen molar-refractivity contribution in [1.29, 1.82) is 0 Å². The quantitative estimate of drug-likeness (QED) is 0.540. The maximum atomic E-state index is 11.5. The Morgan fingerprint density at radius 2 is 2.29 bits per heavy atom. The third-order valence-electron chi connectivity index (χ3n) is 1.94. The van der Waals surface area contributed by atoms with Crippen molar-refractivity contribution in [2.45, 2.75) is 6.92 Å². The van der Waals surface area contributed by atoms with Crippen LogP contribution in [0.5, 0.6) is 0 Å². The number of carbonyl (C=O) groups excluding carboxylic acids is 1. The molecular formula is C10H13NOS2. The predicted octanol–water partition coefficient (Wildman–Crippen LogP) is 2.02. The molecule has 0 aliphatic carbocycles. The summed E-state index contributed by atoms with van der Waals surface area (Å²) in [4.78, 5) is 13.5. The third kappa shape index (κ3) is 2.69. The van der Waals surface area contributed by atoms with Gasteiger partial charge in [-0.25, -0.2) is 0 Å². The number of rotatable bonds is 4. The Labute approximate surface area is 94.0 Å². The summed E-state index contributed by atoms with van der Waals surface area (Å²) in [7, 11) is 0. The van der Waals surface area contributed by atoms with Crippen LogP contribution in [-0.4, -0.2) is 33.8 Å². The molecule has 0 spiro atoms. The van der Waals surface area contributed by atoms with E-state index in [1.807, 2.05) is 4.90 Å². The average Bonchev–Trinajstić information content (AvgIpc) is 2.50. The molecule has 14 heavy (non-hydrogen) atoms. The number of nitrogens with zero attached hydrogens (tertiary/aromatic N) is 1. The summed E-state index contributed by atoms with van der Waals surface area (Å²) in [5.74, 6) is 0.956. The van der Waals surface area contributed by atoms with E-state index >= 15 is 0 Å². The number of ketones is 1. The van der Waals surface area contributed by atoms with Gasteiger partial charge in [-0.3, -0.25) is 4.79 Å². The van der Waals surface area contributed by atoms with Gasteiger partial charge in [0, 0.05) is 24.4 Å². The Hall–Kier alpha value is -0.610. The zero-order chi connectivity index (χ0) is 10.7. The lowest BCUT2D eigenvalue weighted by molar-refractivity contribution is -0.112. The van der Waals surface area contributed by atoms with Crippen LogP contribution in [0.3, 0.4) is 0 Å². The van der Waals surface area contributed by atoms with E-state index in [4.69, 9.17) is 12.2 Å². The van der Waals surface area contributed by atoms with Gasteiger partial charge in [-0.05, 0) is 12.5 Å². The molecule has 1 aliphatic rings. The Morgan fingerprint density at radius 3 is 2.71 bits per heavy atom. The van der Waals surface area contributed by atoms with E-state index in [0.717, 1.165) is 16.6 Å².